The minimum absolute atomic E-state index is 0.157. The number of hydrogen-bond acceptors (Lipinski definition) is 4. The number of carbonyl (C=O) groups is 1. The van der Waals surface area contributed by atoms with Crippen LogP contribution in [0, 0.1) is 11.8 Å². The van der Waals surface area contributed by atoms with E-state index in [1.165, 1.54) is 0 Å². The molecule has 1 aromatic carbocycles. The third-order valence-electron chi connectivity index (χ3n) is 6.41. The van der Waals surface area contributed by atoms with Crippen LogP contribution in [0.15, 0.2) is 29.3 Å². The van der Waals surface area contributed by atoms with Crippen LogP contribution in [0.25, 0.3) is 0 Å². The molecule has 32 heavy (non-hydrogen) atoms. The van der Waals surface area contributed by atoms with Crippen LogP contribution < -0.4 is 16.0 Å². The van der Waals surface area contributed by atoms with Crippen LogP contribution in [0.5, 0.6) is 0 Å². The zero-order chi connectivity index (χ0) is 22.8. The second-order valence-corrected chi connectivity index (χ2v) is 9.41. The summed E-state index contributed by atoms with van der Waals surface area (Å²) < 4.78 is 5.53. The fourth-order valence-electron chi connectivity index (χ4n) is 4.66. The Labute approximate surface area is 193 Å². The molecule has 3 rings (SSSR count). The number of aliphatic imine (C=N–C) groups is 1. The Morgan fingerprint density at radius 1 is 1.19 bits per heavy atom. The van der Waals surface area contributed by atoms with E-state index in [-0.39, 0.29) is 11.8 Å². The first kappa shape index (κ1) is 24.5. The molecule has 178 valence electrons. The van der Waals surface area contributed by atoms with Crippen LogP contribution in [0.4, 0.5) is 5.69 Å². The lowest BCUT2D eigenvalue weighted by Gasteiger charge is -2.35. The molecule has 2 aliphatic rings. The van der Waals surface area contributed by atoms with Gasteiger partial charge in [-0.1, -0.05) is 38.8 Å². The molecule has 2 fully saturated rings. The molecule has 0 aromatic heterocycles. The zero-order valence-electron chi connectivity index (χ0n) is 20.0. The number of hydrogen-bond donors (Lipinski definition) is 3. The van der Waals surface area contributed by atoms with Crippen molar-refractivity contribution in [1.82, 2.24) is 15.5 Å². The highest BCUT2D eigenvalue weighted by atomic mass is 16.5. The van der Waals surface area contributed by atoms with Crippen LogP contribution >= 0.6 is 0 Å². The molecule has 1 heterocycles. The minimum Gasteiger partial charge on any atom is -0.379 e. The largest absolute Gasteiger partial charge is 0.379 e. The molecule has 7 heteroatoms. The normalized spacial score (nSPS) is 19.2. The van der Waals surface area contributed by atoms with E-state index in [4.69, 9.17) is 4.74 Å². The number of benzene rings is 1. The van der Waals surface area contributed by atoms with E-state index >= 15 is 0 Å². The van der Waals surface area contributed by atoms with Gasteiger partial charge in [-0.05, 0) is 42.9 Å². The highest BCUT2D eigenvalue weighted by Gasteiger charge is 2.23. The van der Waals surface area contributed by atoms with Gasteiger partial charge in [-0.2, -0.15) is 0 Å². The molecule has 1 aliphatic heterocycles. The molecule has 1 saturated heterocycles. The molecular formula is C25H41N5O2. The lowest BCUT2D eigenvalue weighted by molar-refractivity contribution is -0.119. The average Bonchev–Trinajstić information content (AvgIpc) is 3.34. The lowest BCUT2D eigenvalue weighted by Crippen LogP contribution is -2.50. The van der Waals surface area contributed by atoms with Crippen LogP contribution in [0.2, 0.25) is 0 Å². The van der Waals surface area contributed by atoms with E-state index in [1.807, 2.05) is 18.2 Å². The number of rotatable bonds is 9. The minimum atomic E-state index is 0.157. The van der Waals surface area contributed by atoms with E-state index < -0.39 is 0 Å². The van der Waals surface area contributed by atoms with Gasteiger partial charge in [-0.3, -0.25) is 14.7 Å². The maximum atomic E-state index is 12.4. The standard InChI is InChI=1S/C25H41N5O2/c1-19(2)15-23(30-11-13-32-14-12-30)18-28-25(26-3)27-17-20-7-6-10-22(16-20)29-24(31)21-8-4-5-9-21/h6-7,10,16,19,21,23H,4-5,8-9,11-15,17-18H2,1-3H3,(H,29,31)(H2,26,27,28). The van der Waals surface area contributed by atoms with Crippen molar-refractivity contribution < 1.29 is 9.53 Å². The van der Waals surface area contributed by atoms with Crippen LogP contribution in [-0.2, 0) is 16.1 Å². The van der Waals surface area contributed by atoms with E-state index in [0.29, 0.717) is 18.5 Å². The van der Waals surface area contributed by atoms with Gasteiger partial charge in [0.1, 0.15) is 0 Å². The first-order valence-corrected chi connectivity index (χ1v) is 12.2. The molecule has 0 radical (unpaired) electrons. The van der Waals surface area contributed by atoms with E-state index in [2.05, 4.69) is 45.8 Å². The number of guanidine groups is 1. The predicted molar refractivity (Wildman–Crippen MR) is 131 cm³/mol. The highest BCUT2D eigenvalue weighted by Crippen LogP contribution is 2.26. The summed E-state index contributed by atoms with van der Waals surface area (Å²) in [5.41, 5.74) is 1.98. The van der Waals surface area contributed by atoms with Gasteiger partial charge in [0.2, 0.25) is 5.91 Å². The highest BCUT2D eigenvalue weighted by molar-refractivity contribution is 5.92. The quantitative estimate of drug-likeness (QED) is 0.403. The number of carbonyl (C=O) groups excluding carboxylic acids is 1. The summed E-state index contributed by atoms with van der Waals surface area (Å²) in [6, 6.07) is 8.53. The van der Waals surface area contributed by atoms with Crippen LogP contribution in [0.3, 0.4) is 0 Å². The van der Waals surface area contributed by atoms with Gasteiger partial charge in [-0.25, -0.2) is 0 Å². The summed E-state index contributed by atoms with van der Waals surface area (Å²) in [5.74, 6) is 1.77. The molecule has 1 atom stereocenters. The van der Waals surface area contributed by atoms with E-state index in [0.717, 1.165) is 82.2 Å². The summed E-state index contributed by atoms with van der Waals surface area (Å²) >= 11 is 0. The maximum absolute atomic E-state index is 12.4. The fourth-order valence-corrected chi connectivity index (χ4v) is 4.66. The number of nitrogens with zero attached hydrogens (tertiary/aromatic N) is 2. The van der Waals surface area contributed by atoms with E-state index in [1.54, 1.807) is 7.05 Å². The molecule has 1 aromatic rings. The summed E-state index contributed by atoms with van der Waals surface area (Å²) in [6.45, 7) is 9.67. The smallest absolute Gasteiger partial charge is 0.227 e. The predicted octanol–water partition coefficient (Wildman–Crippen LogP) is 3.23. The van der Waals surface area contributed by atoms with Crippen molar-refractivity contribution in [3.8, 4) is 0 Å². The summed E-state index contributed by atoms with van der Waals surface area (Å²) in [4.78, 5) is 19.4. The third-order valence-corrected chi connectivity index (χ3v) is 6.41. The molecule has 0 bridgehead atoms. The first-order chi connectivity index (χ1) is 15.5. The number of nitrogens with one attached hydrogen (secondary N) is 3. The molecular weight excluding hydrogens is 402 g/mol. The van der Waals surface area contributed by atoms with Gasteiger partial charge >= 0.3 is 0 Å². The third kappa shape index (κ3) is 7.78. The van der Waals surface area contributed by atoms with Gasteiger partial charge in [0, 0.05) is 50.9 Å². The van der Waals surface area contributed by atoms with Gasteiger partial charge in [0.15, 0.2) is 5.96 Å². The molecule has 7 nitrogen and oxygen atoms in total. The van der Waals surface area contributed by atoms with Gasteiger partial charge in [0.25, 0.3) is 0 Å². The Hall–Kier alpha value is -2.12. The van der Waals surface area contributed by atoms with Crippen molar-refractivity contribution in [3.63, 3.8) is 0 Å². The Bertz CT molecular complexity index is 740. The van der Waals surface area contributed by atoms with Crippen molar-refractivity contribution in [2.45, 2.75) is 58.5 Å². The molecule has 1 aliphatic carbocycles. The maximum Gasteiger partial charge on any atom is 0.227 e. The molecule has 1 unspecified atom stereocenters. The average molecular weight is 444 g/mol. The number of amides is 1. The second kappa shape index (κ2) is 12.8. The molecule has 1 saturated carbocycles. The molecule has 0 spiro atoms. The topological polar surface area (TPSA) is 78.0 Å². The van der Waals surface area contributed by atoms with Crippen molar-refractivity contribution in [3.05, 3.63) is 29.8 Å². The SMILES string of the molecule is CN=C(NCc1cccc(NC(=O)C2CCCC2)c1)NCC(CC(C)C)N1CCOCC1. The summed E-state index contributed by atoms with van der Waals surface area (Å²) in [5, 5.41) is 10.0. The monoisotopic (exact) mass is 443 g/mol. The van der Waals surface area contributed by atoms with Gasteiger partial charge in [-0.15, -0.1) is 0 Å². The summed E-state index contributed by atoms with van der Waals surface area (Å²) in [6.07, 6.45) is 5.50. The Morgan fingerprint density at radius 2 is 1.94 bits per heavy atom. The fraction of sp³-hybridized carbons (Fsp3) is 0.680. The zero-order valence-corrected chi connectivity index (χ0v) is 20.0. The summed E-state index contributed by atoms with van der Waals surface area (Å²) in [7, 11) is 1.81. The van der Waals surface area contributed by atoms with Crippen molar-refractivity contribution in [1.29, 1.82) is 0 Å². The van der Waals surface area contributed by atoms with Crippen molar-refractivity contribution in [2.24, 2.45) is 16.8 Å². The number of anilines is 1. The Morgan fingerprint density at radius 3 is 2.62 bits per heavy atom. The first-order valence-electron chi connectivity index (χ1n) is 12.2. The number of morpholine rings is 1. The molecule has 1 amide bonds. The number of ether oxygens (including phenoxy) is 1. The second-order valence-electron chi connectivity index (χ2n) is 9.41. The van der Waals surface area contributed by atoms with Crippen molar-refractivity contribution in [2.75, 3.05) is 45.2 Å². The van der Waals surface area contributed by atoms with Gasteiger partial charge < -0.3 is 20.7 Å². The van der Waals surface area contributed by atoms with Crippen LogP contribution in [0.1, 0.15) is 51.5 Å². The van der Waals surface area contributed by atoms with Crippen molar-refractivity contribution >= 4 is 17.6 Å². The van der Waals surface area contributed by atoms with Gasteiger partial charge in [0.05, 0.1) is 13.2 Å². The Balaban J connectivity index is 1.49. The van der Waals surface area contributed by atoms with E-state index in [9.17, 15) is 4.79 Å². The van der Waals surface area contributed by atoms with Crippen LogP contribution in [-0.4, -0.2) is 62.7 Å². The lowest BCUT2D eigenvalue weighted by atomic mass is 10.0. The Kier molecular flexibility index (Phi) is 9.81. The molecule has 3 N–H and O–H groups in total.